The van der Waals surface area contributed by atoms with Gasteiger partial charge in [-0.1, -0.05) is 11.8 Å². The molecule has 13 heavy (non-hydrogen) atoms. The first kappa shape index (κ1) is 8.56. The summed E-state index contributed by atoms with van der Waals surface area (Å²) in [4.78, 5) is 6.06. The fourth-order valence-corrected chi connectivity index (χ4v) is 2.38. The Morgan fingerprint density at radius 2 is 2.54 bits per heavy atom. The van der Waals surface area contributed by atoms with E-state index >= 15 is 0 Å². The fraction of sp³-hybridized carbons (Fsp3) is 0.333. The van der Waals surface area contributed by atoms with Gasteiger partial charge < -0.3 is 4.90 Å². The molecule has 1 aliphatic rings. The molecule has 68 valence electrons. The predicted molar refractivity (Wildman–Crippen MR) is 56.4 cm³/mol. The molecule has 3 nitrogen and oxygen atoms in total. The van der Waals surface area contributed by atoms with E-state index in [4.69, 9.17) is 5.41 Å². The average Bonchev–Trinajstić information content (AvgIpc) is 2.48. The maximum Gasteiger partial charge on any atom is 0.161 e. The molecule has 0 spiro atoms. The Bertz CT molecular complexity index is 312. The highest BCUT2D eigenvalue weighted by Gasteiger charge is 2.26. The van der Waals surface area contributed by atoms with Gasteiger partial charge in [0.25, 0.3) is 0 Å². The third-order valence-electron chi connectivity index (χ3n) is 2.04. The van der Waals surface area contributed by atoms with E-state index in [1.54, 1.807) is 24.2 Å². The molecule has 1 fully saturated rings. The molecule has 0 aliphatic carbocycles. The number of hydrogen-bond donors (Lipinski definition) is 1. The van der Waals surface area contributed by atoms with Gasteiger partial charge in [-0.2, -0.15) is 0 Å². The topological polar surface area (TPSA) is 40.0 Å². The number of pyridine rings is 1. The maximum atomic E-state index is 7.73. The van der Waals surface area contributed by atoms with Crippen LogP contribution in [-0.4, -0.2) is 21.9 Å². The molecule has 1 N–H and O–H groups in total. The largest absolute Gasteiger partial charge is 0.316 e. The molecule has 4 heteroatoms. The Balaban J connectivity index is 2.30. The summed E-state index contributed by atoms with van der Waals surface area (Å²) in [5.74, 6) is 0.994. The minimum atomic E-state index is 0.404. The quantitative estimate of drug-likeness (QED) is 0.741. The van der Waals surface area contributed by atoms with Gasteiger partial charge in [-0.25, -0.2) is 0 Å². The van der Waals surface area contributed by atoms with Gasteiger partial charge in [0.2, 0.25) is 0 Å². The van der Waals surface area contributed by atoms with Crippen LogP contribution < -0.4 is 4.90 Å². The Morgan fingerprint density at radius 1 is 1.69 bits per heavy atom. The van der Waals surface area contributed by atoms with Crippen LogP contribution in [0.5, 0.6) is 0 Å². The van der Waals surface area contributed by atoms with Crippen molar-refractivity contribution in [2.45, 2.75) is 13.0 Å². The second kappa shape index (κ2) is 3.38. The second-order valence-electron chi connectivity index (χ2n) is 3.05. The van der Waals surface area contributed by atoms with Crippen molar-refractivity contribution in [3.05, 3.63) is 24.5 Å². The maximum absolute atomic E-state index is 7.73. The SMILES string of the molecule is CC1CSC(=N)N1c1cccnc1. The van der Waals surface area contributed by atoms with Crippen LogP contribution in [0.25, 0.3) is 0 Å². The summed E-state index contributed by atoms with van der Waals surface area (Å²) in [5, 5.41) is 8.36. The molecule has 1 atom stereocenters. The van der Waals surface area contributed by atoms with Crippen LogP contribution in [-0.2, 0) is 0 Å². The molecular weight excluding hydrogens is 182 g/mol. The molecule has 1 aromatic rings. The lowest BCUT2D eigenvalue weighted by molar-refractivity contribution is 0.836. The molecular formula is C9H11N3S. The van der Waals surface area contributed by atoms with Crippen LogP contribution >= 0.6 is 11.8 Å². The van der Waals surface area contributed by atoms with Gasteiger partial charge in [-0.15, -0.1) is 0 Å². The molecule has 1 unspecified atom stereocenters. The molecule has 0 bridgehead atoms. The van der Waals surface area contributed by atoms with Crippen LogP contribution in [0.4, 0.5) is 5.69 Å². The number of nitrogens with one attached hydrogen (secondary N) is 1. The Labute approximate surface area is 81.7 Å². The molecule has 2 rings (SSSR count). The van der Waals surface area contributed by atoms with Crippen LogP contribution in [0.3, 0.4) is 0 Å². The number of amidine groups is 1. The highest BCUT2D eigenvalue weighted by atomic mass is 32.2. The standard InChI is InChI=1S/C9H11N3S/c1-7-6-13-9(10)12(7)8-3-2-4-11-5-8/h2-5,7,10H,6H2,1H3. The van der Waals surface area contributed by atoms with Gasteiger partial charge >= 0.3 is 0 Å². The number of hydrogen-bond acceptors (Lipinski definition) is 3. The van der Waals surface area contributed by atoms with E-state index in [1.165, 1.54) is 0 Å². The lowest BCUT2D eigenvalue weighted by Gasteiger charge is -2.21. The van der Waals surface area contributed by atoms with Gasteiger partial charge in [0.1, 0.15) is 0 Å². The lowest BCUT2D eigenvalue weighted by atomic mass is 10.3. The van der Waals surface area contributed by atoms with E-state index in [9.17, 15) is 0 Å². The molecule has 0 radical (unpaired) electrons. The smallest absolute Gasteiger partial charge is 0.161 e. The molecule has 1 aliphatic heterocycles. The van der Waals surface area contributed by atoms with Gasteiger partial charge in [-0.3, -0.25) is 10.4 Å². The summed E-state index contributed by atoms with van der Waals surface area (Å²) in [7, 11) is 0. The zero-order valence-electron chi connectivity index (χ0n) is 7.40. The molecule has 1 aromatic heterocycles. The van der Waals surface area contributed by atoms with Crippen LogP contribution in [0.2, 0.25) is 0 Å². The highest BCUT2D eigenvalue weighted by molar-refractivity contribution is 8.14. The van der Waals surface area contributed by atoms with E-state index in [-0.39, 0.29) is 0 Å². The summed E-state index contributed by atoms with van der Waals surface area (Å²) < 4.78 is 0. The van der Waals surface area contributed by atoms with Gasteiger partial charge in [0, 0.05) is 18.0 Å². The Morgan fingerprint density at radius 3 is 3.08 bits per heavy atom. The lowest BCUT2D eigenvalue weighted by Crippen LogP contribution is -2.30. The van der Waals surface area contributed by atoms with Crippen molar-refractivity contribution in [3.8, 4) is 0 Å². The van der Waals surface area contributed by atoms with Crippen molar-refractivity contribution in [3.63, 3.8) is 0 Å². The fourth-order valence-electron chi connectivity index (χ4n) is 1.41. The summed E-state index contributed by atoms with van der Waals surface area (Å²) in [6, 6.07) is 4.30. The first-order valence-corrected chi connectivity index (χ1v) is 5.18. The van der Waals surface area contributed by atoms with E-state index in [0.717, 1.165) is 11.4 Å². The van der Waals surface area contributed by atoms with Crippen LogP contribution in [0.15, 0.2) is 24.5 Å². The predicted octanol–water partition coefficient (Wildman–Crippen LogP) is 1.96. The van der Waals surface area contributed by atoms with E-state index in [1.807, 2.05) is 17.0 Å². The molecule has 1 saturated heterocycles. The zero-order valence-corrected chi connectivity index (χ0v) is 8.21. The van der Waals surface area contributed by atoms with E-state index in [2.05, 4.69) is 11.9 Å². The first-order chi connectivity index (χ1) is 6.29. The van der Waals surface area contributed by atoms with E-state index < -0.39 is 0 Å². The number of thioether (sulfide) groups is 1. The van der Waals surface area contributed by atoms with Crippen LogP contribution in [0, 0.1) is 5.41 Å². The highest BCUT2D eigenvalue weighted by Crippen LogP contribution is 2.28. The third-order valence-corrected chi connectivity index (χ3v) is 3.16. The summed E-state index contributed by atoms with van der Waals surface area (Å²) in [6.07, 6.45) is 3.55. The first-order valence-electron chi connectivity index (χ1n) is 4.19. The summed E-state index contributed by atoms with van der Waals surface area (Å²) in [6.45, 7) is 2.13. The number of anilines is 1. The average molecular weight is 193 g/mol. The monoisotopic (exact) mass is 193 g/mol. The minimum Gasteiger partial charge on any atom is -0.316 e. The van der Waals surface area contributed by atoms with Crippen molar-refractivity contribution in [1.29, 1.82) is 5.41 Å². The van der Waals surface area contributed by atoms with Crippen molar-refractivity contribution >= 4 is 22.6 Å². The van der Waals surface area contributed by atoms with Crippen molar-refractivity contribution in [2.24, 2.45) is 0 Å². The Hall–Kier alpha value is -1.03. The van der Waals surface area contributed by atoms with Crippen molar-refractivity contribution < 1.29 is 0 Å². The molecule has 2 heterocycles. The summed E-state index contributed by atoms with van der Waals surface area (Å²) in [5.41, 5.74) is 1.02. The third kappa shape index (κ3) is 1.54. The number of nitrogens with zero attached hydrogens (tertiary/aromatic N) is 2. The number of aromatic nitrogens is 1. The molecule has 0 aromatic carbocycles. The molecule has 0 saturated carbocycles. The van der Waals surface area contributed by atoms with Gasteiger partial charge in [-0.05, 0) is 19.1 Å². The Kier molecular flexibility index (Phi) is 2.22. The molecule has 0 amide bonds. The van der Waals surface area contributed by atoms with Crippen LogP contribution in [0.1, 0.15) is 6.92 Å². The summed E-state index contributed by atoms with van der Waals surface area (Å²) >= 11 is 1.59. The minimum absolute atomic E-state index is 0.404. The van der Waals surface area contributed by atoms with E-state index in [0.29, 0.717) is 11.2 Å². The second-order valence-corrected chi connectivity index (χ2v) is 4.06. The van der Waals surface area contributed by atoms with Gasteiger partial charge in [0.15, 0.2) is 5.17 Å². The van der Waals surface area contributed by atoms with Crippen molar-refractivity contribution in [2.75, 3.05) is 10.7 Å². The zero-order chi connectivity index (χ0) is 9.26. The number of rotatable bonds is 1. The normalized spacial score (nSPS) is 22.4. The van der Waals surface area contributed by atoms with Crippen molar-refractivity contribution in [1.82, 2.24) is 4.98 Å². The van der Waals surface area contributed by atoms with Gasteiger partial charge in [0.05, 0.1) is 11.9 Å².